The van der Waals surface area contributed by atoms with E-state index in [1.807, 2.05) is 19.1 Å². The molecule has 1 aromatic heterocycles. The summed E-state index contributed by atoms with van der Waals surface area (Å²) in [4.78, 5) is 15.7. The van der Waals surface area contributed by atoms with Gasteiger partial charge in [-0.25, -0.2) is 9.67 Å². The van der Waals surface area contributed by atoms with Gasteiger partial charge in [0.15, 0.2) is 0 Å². The first-order valence-electron chi connectivity index (χ1n) is 6.01. The Hall–Kier alpha value is -2.65. The number of anilines is 1. The molecule has 0 spiro atoms. The zero-order chi connectivity index (χ0) is 14.4. The lowest BCUT2D eigenvalue weighted by Crippen LogP contribution is -2.19. The van der Waals surface area contributed by atoms with Crippen LogP contribution < -0.4 is 5.32 Å². The number of aliphatic hydroxyl groups is 1. The van der Waals surface area contributed by atoms with E-state index in [4.69, 9.17) is 5.11 Å². The van der Waals surface area contributed by atoms with Crippen LogP contribution in [0, 0.1) is 18.8 Å². The number of hydrogen-bond acceptors (Lipinski definition) is 4. The Morgan fingerprint density at radius 3 is 3.05 bits per heavy atom. The van der Waals surface area contributed by atoms with E-state index in [-0.39, 0.29) is 19.1 Å². The van der Waals surface area contributed by atoms with Gasteiger partial charge in [0.2, 0.25) is 5.91 Å². The number of aryl methyl sites for hydroxylation is 1. The Morgan fingerprint density at radius 1 is 1.50 bits per heavy atom. The van der Waals surface area contributed by atoms with Crippen LogP contribution in [0.4, 0.5) is 5.69 Å². The van der Waals surface area contributed by atoms with Crippen molar-refractivity contribution >= 4 is 11.6 Å². The van der Waals surface area contributed by atoms with Gasteiger partial charge in [0.1, 0.15) is 25.8 Å². The van der Waals surface area contributed by atoms with Gasteiger partial charge < -0.3 is 10.4 Å². The largest absolute Gasteiger partial charge is 0.384 e. The smallest absolute Gasteiger partial charge is 0.246 e. The molecule has 0 saturated carbocycles. The van der Waals surface area contributed by atoms with Gasteiger partial charge in [-0.05, 0) is 24.6 Å². The van der Waals surface area contributed by atoms with Crippen molar-refractivity contribution in [3.8, 4) is 11.8 Å². The van der Waals surface area contributed by atoms with Gasteiger partial charge in [0.25, 0.3) is 0 Å². The monoisotopic (exact) mass is 270 g/mol. The maximum absolute atomic E-state index is 11.9. The Morgan fingerprint density at radius 2 is 2.35 bits per heavy atom. The van der Waals surface area contributed by atoms with Crippen LogP contribution in [0.2, 0.25) is 0 Å². The molecule has 0 aliphatic heterocycles. The third kappa shape index (κ3) is 3.67. The van der Waals surface area contributed by atoms with Crippen LogP contribution in [0.15, 0.2) is 30.9 Å². The van der Waals surface area contributed by atoms with Crippen LogP contribution >= 0.6 is 0 Å². The predicted octanol–water partition coefficient (Wildman–Crippen LogP) is 0.569. The number of aromatic nitrogens is 3. The molecule has 1 amide bonds. The second-order valence-corrected chi connectivity index (χ2v) is 4.15. The van der Waals surface area contributed by atoms with Gasteiger partial charge in [-0.15, -0.1) is 0 Å². The van der Waals surface area contributed by atoms with E-state index >= 15 is 0 Å². The molecule has 0 aliphatic rings. The van der Waals surface area contributed by atoms with Crippen molar-refractivity contribution in [1.82, 2.24) is 14.8 Å². The van der Waals surface area contributed by atoms with E-state index in [1.54, 1.807) is 6.07 Å². The zero-order valence-electron chi connectivity index (χ0n) is 11.0. The first-order valence-corrected chi connectivity index (χ1v) is 6.01. The number of amides is 1. The minimum atomic E-state index is -0.222. The van der Waals surface area contributed by atoms with E-state index < -0.39 is 0 Å². The van der Waals surface area contributed by atoms with E-state index in [2.05, 4.69) is 27.2 Å². The molecule has 20 heavy (non-hydrogen) atoms. The summed E-state index contributed by atoms with van der Waals surface area (Å²) in [6, 6.07) is 5.53. The molecule has 6 heteroatoms. The Bertz CT molecular complexity index is 654. The first kappa shape index (κ1) is 13.8. The van der Waals surface area contributed by atoms with Crippen LogP contribution in [0.1, 0.15) is 11.1 Å². The van der Waals surface area contributed by atoms with E-state index in [0.717, 1.165) is 5.56 Å². The quantitative estimate of drug-likeness (QED) is 0.799. The molecule has 1 heterocycles. The van der Waals surface area contributed by atoms with Crippen molar-refractivity contribution in [2.45, 2.75) is 13.5 Å². The van der Waals surface area contributed by atoms with Gasteiger partial charge in [-0.2, -0.15) is 5.10 Å². The van der Waals surface area contributed by atoms with Crippen LogP contribution in [-0.4, -0.2) is 32.4 Å². The minimum Gasteiger partial charge on any atom is -0.384 e. The fourth-order valence-electron chi connectivity index (χ4n) is 1.66. The summed E-state index contributed by atoms with van der Waals surface area (Å²) < 4.78 is 1.43. The number of nitrogens with one attached hydrogen (secondary N) is 1. The highest BCUT2D eigenvalue weighted by Gasteiger charge is 2.07. The number of carbonyl (C=O) groups is 1. The number of hydrogen-bond donors (Lipinski definition) is 2. The summed E-state index contributed by atoms with van der Waals surface area (Å²) in [5.41, 5.74) is 2.31. The van der Waals surface area contributed by atoms with Crippen molar-refractivity contribution in [3.63, 3.8) is 0 Å². The molecule has 0 unspecified atom stereocenters. The van der Waals surface area contributed by atoms with Crippen molar-refractivity contribution in [1.29, 1.82) is 0 Å². The van der Waals surface area contributed by atoms with E-state index in [1.165, 1.54) is 17.3 Å². The van der Waals surface area contributed by atoms with Crippen molar-refractivity contribution in [2.75, 3.05) is 11.9 Å². The topological polar surface area (TPSA) is 80.0 Å². The lowest BCUT2D eigenvalue weighted by atomic mass is 10.1. The number of nitrogens with zero attached hydrogens (tertiary/aromatic N) is 3. The molecule has 0 bridgehead atoms. The summed E-state index contributed by atoms with van der Waals surface area (Å²) in [6.07, 6.45) is 2.85. The molecule has 1 aromatic carbocycles. The summed E-state index contributed by atoms with van der Waals surface area (Å²) >= 11 is 0. The van der Waals surface area contributed by atoms with Gasteiger partial charge in [-0.1, -0.05) is 17.9 Å². The Balaban J connectivity index is 2.14. The van der Waals surface area contributed by atoms with Crippen molar-refractivity contribution in [2.24, 2.45) is 0 Å². The number of rotatable bonds is 3. The third-order valence-corrected chi connectivity index (χ3v) is 2.52. The van der Waals surface area contributed by atoms with Crippen LogP contribution in [0.3, 0.4) is 0 Å². The fraction of sp³-hybridized carbons (Fsp3) is 0.214. The molecule has 102 valence electrons. The van der Waals surface area contributed by atoms with Crippen LogP contribution in [0.5, 0.6) is 0 Å². The summed E-state index contributed by atoms with van der Waals surface area (Å²) in [7, 11) is 0. The molecular weight excluding hydrogens is 256 g/mol. The average molecular weight is 270 g/mol. The number of carbonyl (C=O) groups excluding carboxylic acids is 1. The Kier molecular flexibility index (Phi) is 4.47. The highest BCUT2D eigenvalue weighted by molar-refractivity contribution is 5.92. The maximum Gasteiger partial charge on any atom is 0.246 e. The molecule has 2 N–H and O–H groups in total. The minimum absolute atomic E-state index is 0.0841. The molecule has 0 radical (unpaired) electrons. The first-order chi connectivity index (χ1) is 9.69. The van der Waals surface area contributed by atoms with Gasteiger partial charge >= 0.3 is 0 Å². The van der Waals surface area contributed by atoms with E-state index in [9.17, 15) is 4.79 Å². The summed E-state index contributed by atoms with van der Waals surface area (Å²) in [5, 5.41) is 15.4. The second kappa shape index (κ2) is 6.50. The number of benzene rings is 1. The summed E-state index contributed by atoms with van der Waals surface area (Å²) in [6.45, 7) is 1.80. The lowest BCUT2D eigenvalue weighted by molar-refractivity contribution is -0.116. The van der Waals surface area contributed by atoms with Crippen LogP contribution in [-0.2, 0) is 11.3 Å². The molecule has 0 saturated heterocycles. The predicted molar refractivity (Wildman–Crippen MR) is 73.8 cm³/mol. The molecule has 0 atom stereocenters. The highest BCUT2D eigenvalue weighted by atomic mass is 16.2. The fourth-order valence-corrected chi connectivity index (χ4v) is 1.66. The lowest BCUT2D eigenvalue weighted by Gasteiger charge is -2.08. The van der Waals surface area contributed by atoms with Crippen molar-refractivity contribution < 1.29 is 9.90 Å². The second-order valence-electron chi connectivity index (χ2n) is 4.15. The summed E-state index contributed by atoms with van der Waals surface area (Å²) in [5.74, 6) is 5.18. The molecule has 0 fully saturated rings. The molecule has 6 nitrogen and oxygen atoms in total. The average Bonchev–Trinajstić information content (AvgIpc) is 2.91. The maximum atomic E-state index is 11.9. The van der Waals surface area contributed by atoms with Crippen LogP contribution in [0.25, 0.3) is 0 Å². The SMILES string of the molecule is Cc1ccc(NC(=O)Cn2cncn2)c(C#CCO)c1. The third-order valence-electron chi connectivity index (χ3n) is 2.52. The van der Waals surface area contributed by atoms with Gasteiger partial charge in [-0.3, -0.25) is 4.79 Å². The highest BCUT2D eigenvalue weighted by Crippen LogP contribution is 2.16. The van der Waals surface area contributed by atoms with E-state index in [0.29, 0.717) is 11.3 Å². The molecule has 2 rings (SSSR count). The molecule has 0 aliphatic carbocycles. The normalized spacial score (nSPS) is 9.70. The van der Waals surface area contributed by atoms with Crippen molar-refractivity contribution in [3.05, 3.63) is 42.0 Å². The van der Waals surface area contributed by atoms with Gasteiger partial charge in [0, 0.05) is 5.56 Å². The molecule has 2 aromatic rings. The molecular formula is C14H14N4O2. The van der Waals surface area contributed by atoms with Gasteiger partial charge in [0.05, 0.1) is 5.69 Å². The zero-order valence-corrected chi connectivity index (χ0v) is 11.0. The standard InChI is InChI=1S/C14H14N4O2/c1-11-4-5-13(12(7-11)3-2-6-19)17-14(20)8-18-10-15-9-16-18/h4-5,7,9-10,19H,6,8H2,1H3,(H,17,20). The Labute approximate surface area is 116 Å². The number of aliphatic hydroxyl groups excluding tert-OH is 1.